The second-order valence-electron chi connectivity index (χ2n) is 7.48. The van der Waals surface area contributed by atoms with Gasteiger partial charge in [-0.15, -0.1) is 0 Å². The first-order chi connectivity index (χ1) is 13.1. The second-order valence-corrected chi connectivity index (χ2v) is 7.48. The number of ketones is 1. The molecule has 1 aliphatic carbocycles. The summed E-state index contributed by atoms with van der Waals surface area (Å²) in [5.74, 6) is 0.832. The van der Waals surface area contributed by atoms with Crippen molar-refractivity contribution in [2.45, 2.75) is 31.1 Å². The van der Waals surface area contributed by atoms with Gasteiger partial charge in [0.05, 0.1) is 12.5 Å². The Bertz CT molecular complexity index is 828. The lowest BCUT2D eigenvalue weighted by atomic mass is 9.89. The zero-order valence-corrected chi connectivity index (χ0v) is 15.6. The van der Waals surface area contributed by atoms with Crippen LogP contribution < -0.4 is 4.74 Å². The fourth-order valence-corrected chi connectivity index (χ4v) is 4.06. The lowest BCUT2D eigenvalue weighted by molar-refractivity contribution is -0.135. The van der Waals surface area contributed by atoms with Crippen molar-refractivity contribution in [1.29, 1.82) is 0 Å². The summed E-state index contributed by atoms with van der Waals surface area (Å²) < 4.78 is 5.22. The standard InChI is InChI=1S/C22H24N2O3/c1-27-18-9-7-17(8-10-18)22(11-12-22)21(26)24-14-4-5-16(15-24)20(25)19-6-2-3-13-23-19/h2-3,6-10,13,16H,4-5,11-12,14-15H2,1H3/t16-/m1/s1. The van der Waals surface area contributed by atoms with Gasteiger partial charge in [0.2, 0.25) is 5.91 Å². The summed E-state index contributed by atoms with van der Waals surface area (Å²) in [6.45, 7) is 1.22. The number of methoxy groups -OCH3 is 1. The highest BCUT2D eigenvalue weighted by Crippen LogP contribution is 2.50. The molecular formula is C22H24N2O3. The number of benzene rings is 1. The first kappa shape index (κ1) is 17.7. The summed E-state index contributed by atoms with van der Waals surface area (Å²) in [6.07, 6.45) is 5.05. The molecule has 140 valence electrons. The largest absolute Gasteiger partial charge is 0.497 e. The third-order valence-electron chi connectivity index (χ3n) is 5.80. The maximum Gasteiger partial charge on any atom is 0.233 e. The van der Waals surface area contributed by atoms with Gasteiger partial charge in [0.1, 0.15) is 11.4 Å². The Hall–Kier alpha value is -2.69. The number of piperidine rings is 1. The van der Waals surface area contributed by atoms with E-state index in [-0.39, 0.29) is 17.6 Å². The van der Waals surface area contributed by atoms with E-state index in [1.54, 1.807) is 25.4 Å². The Labute approximate surface area is 159 Å². The molecule has 1 aromatic heterocycles. The number of likely N-dealkylation sites (tertiary alicyclic amines) is 1. The zero-order valence-electron chi connectivity index (χ0n) is 15.6. The molecule has 0 N–H and O–H groups in total. The average molecular weight is 364 g/mol. The number of Topliss-reactive ketones (excluding diaryl/α,β-unsaturated/α-hetero) is 1. The molecule has 2 fully saturated rings. The number of ether oxygens (including phenoxy) is 1. The minimum absolute atomic E-state index is 0.0439. The van der Waals surface area contributed by atoms with Gasteiger partial charge in [0.25, 0.3) is 0 Å². The zero-order chi connectivity index (χ0) is 18.9. The summed E-state index contributed by atoms with van der Waals surface area (Å²) in [5.41, 5.74) is 1.13. The maximum atomic E-state index is 13.3. The number of carbonyl (C=O) groups is 2. The number of aromatic nitrogens is 1. The number of hydrogen-bond acceptors (Lipinski definition) is 4. The Morgan fingerprint density at radius 2 is 1.93 bits per heavy atom. The van der Waals surface area contributed by atoms with Crippen molar-refractivity contribution in [1.82, 2.24) is 9.88 Å². The topological polar surface area (TPSA) is 59.5 Å². The molecule has 27 heavy (non-hydrogen) atoms. The summed E-state index contributed by atoms with van der Waals surface area (Å²) in [7, 11) is 1.64. The molecule has 0 bridgehead atoms. The molecule has 1 saturated heterocycles. The van der Waals surface area contributed by atoms with Crippen molar-refractivity contribution in [3.8, 4) is 5.75 Å². The van der Waals surface area contributed by atoms with Crippen molar-refractivity contribution in [3.05, 3.63) is 59.9 Å². The van der Waals surface area contributed by atoms with Gasteiger partial charge in [-0.2, -0.15) is 0 Å². The minimum atomic E-state index is -0.414. The van der Waals surface area contributed by atoms with Crippen LogP contribution in [0.15, 0.2) is 48.7 Å². The Balaban J connectivity index is 1.49. The predicted molar refractivity (Wildman–Crippen MR) is 102 cm³/mol. The van der Waals surface area contributed by atoms with E-state index in [0.717, 1.165) is 43.5 Å². The maximum absolute atomic E-state index is 13.3. The monoisotopic (exact) mass is 364 g/mol. The highest BCUT2D eigenvalue weighted by atomic mass is 16.5. The van der Waals surface area contributed by atoms with Crippen LogP contribution in [0.2, 0.25) is 0 Å². The molecule has 2 aliphatic rings. The molecule has 1 atom stereocenters. The fraction of sp³-hybridized carbons (Fsp3) is 0.409. The molecule has 0 radical (unpaired) electrons. The van der Waals surface area contributed by atoms with Gasteiger partial charge < -0.3 is 9.64 Å². The van der Waals surface area contributed by atoms with Crippen LogP contribution in [-0.2, 0) is 10.2 Å². The number of rotatable bonds is 5. The third-order valence-corrected chi connectivity index (χ3v) is 5.80. The van der Waals surface area contributed by atoms with Gasteiger partial charge in [0, 0.05) is 25.2 Å². The molecule has 2 heterocycles. The molecule has 1 amide bonds. The molecule has 0 spiro atoms. The van der Waals surface area contributed by atoms with Gasteiger partial charge >= 0.3 is 0 Å². The highest BCUT2D eigenvalue weighted by molar-refractivity contribution is 5.97. The quantitative estimate of drug-likeness (QED) is 0.764. The minimum Gasteiger partial charge on any atom is -0.497 e. The number of carbonyl (C=O) groups excluding carboxylic acids is 2. The van der Waals surface area contributed by atoms with Crippen LogP contribution in [0.1, 0.15) is 41.7 Å². The Morgan fingerprint density at radius 3 is 2.56 bits per heavy atom. The summed E-state index contributed by atoms with van der Waals surface area (Å²) in [6, 6.07) is 13.2. The van der Waals surface area contributed by atoms with Crippen LogP contribution >= 0.6 is 0 Å². The van der Waals surface area contributed by atoms with Crippen molar-refractivity contribution in [2.75, 3.05) is 20.2 Å². The van der Waals surface area contributed by atoms with Crippen molar-refractivity contribution in [3.63, 3.8) is 0 Å². The Morgan fingerprint density at radius 1 is 1.15 bits per heavy atom. The Kier molecular flexibility index (Phi) is 4.68. The summed E-state index contributed by atoms with van der Waals surface area (Å²) >= 11 is 0. The first-order valence-electron chi connectivity index (χ1n) is 9.53. The summed E-state index contributed by atoms with van der Waals surface area (Å²) in [4.78, 5) is 32.1. The van der Waals surface area contributed by atoms with E-state index in [9.17, 15) is 9.59 Å². The van der Waals surface area contributed by atoms with Crippen molar-refractivity contribution >= 4 is 11.7 Å². The molecule has 1 aromatic carbocycles. The van der Waals surface area contributed by atoms with Crippen LogP contribution in [-0.4, -0.2) is 41.8 Å². The van der Waals surface area contributed by atoms with E-state index in [1.165, 1.54) is 0 Å². The highest BCUT2D eigenvalue weighted by Gasteiger charge is 2.53. The number of pyridine rings is 1. The lowest BCUT2D eigenvalue weighted by Crippen LogP contribution is -2.46. The number of nitrogens with zero attached hydrogens (tertiary/aromatic N) is 2. The smallest absolute Gasteiger partial charge is 0.233 e. The number of hydrogen-bond donors (Lipinski definition) is 0. The van der Waals surface area contributed by atoms with Gasteiger partial charge in [-0.3, -0.25) is 14.6 Å². The van der Waals surface area contributed by atoms with Gasteiger partial charge in [0.15, 0.2) is 5.78 Å². The van der Waals surface area contributed by atoms with E-state index >= 15 is 0 Å². The fourth-order valence-electron chi connectivity index (χ4n) is 4.06. The molecule has 0 unspecified atom stereocenters. The third kappa shape index (κ3) is 3.34. The van der Waals surface area contributed by atoms with Crippen LogP contribution in [0.4, 0.5) is 0 Å². The van der Waals surface area contributed by atoms with E-state index in [4.69, 9.17) is 4.74 Å². The SMILES string of the molecule is COc1ccc(C2(C(=O)N3CCC[C@@H](C(=O)c4ccccn4)C3)CC2)cc1. The van der Waals surface area contributed by atoms with E-state index in [2.05, 4.69) is 4.98 Å². The molecule has 5 heteroatoms. The van der Waals surface area contributed by atoms with Gasteiger partial charge in [-0.05, 0) is 55.5 Å². The molecule has 4 rings (SSSR count). The molecular weight excluding hydrogens is 340 g/mol. The van der Waals surface area contributed by atoms with E-state index < -0.39 is 5.41 Å². The van der Waals surface area contributed by atoms with Crippen LogP contribution in [0.5, 0.6) is 5.75 Å². The second kappa shape index (κ2) is 7.14. The van der Waals surface area contributed by atoms with Crippen LogP contribution in [0.25, 0.3) is 0 Å². The lowest BCUT2D eigenvalue weighted by Gasteiger charge is -2.34. The van der Waals surface area contributed by atoms with Crippen molar-refractivity contribution in [2.24, 2.45) is 5.92 Å². The molecule has 1 aliphatic heterocycles. The van der Waals surface area contributed by atoms with Gasteiger partial charge in [-0.25, -0.2) is 0 Å². The normalized spacial score (nSPS) is 20.8. The van der Waals surface area contributed by atoms with Crippen LogP contribution in [0.3, 0.4) is 0 Å². The van der Waals surface area contributed by atoms with E-state index in [0.29, 0.717) is 12.2 Å². The number of amides is 1. The van der Waals surface area contributed by atoms with Gasteiger partial charge in [-0.1, -0.05) is 18.2 Å². The van der Waals surface area contributed by atoms with Crippen LogP contribution in [0, 0.1) is 5.92 Å². The van der Waals surface area contributed by atoms with E-state index in [1.807, 2.05) is 35.2 Å². The average Bonchev–Trinajstić information content (AvgIpc) is 3.55. The molecule has 2 aromatic rings. The first-order valence-corrected chi connectivity index (χ1v) is 9.53. The molecule has 1 saturated carbocycles. The summed E-state index contributed by atoms with van der Waals surface area (Å²) in [5, 5.41) is 0. The predicted octanol–water partition coefficient (Wildman–Crippen LogP) is 3.24. The van der Waals surface area contributed by atoms with Crippen molar-refractivity contribution < 1.29 is 14.3 Å². The molecule has 5 nitrogen and oxygen atoms in total.